The second-order valence-electron chi connectivity index (χ2n) is 4.16. The molecular formula is C16H16O3. The molecule has 2 aromatic carbocycles. The first-order valence-corrected chi connectivity index (χ1v) is 6.26. The van der Waals surface area contributed by atoms with E-state index in [2.05, 4.69) is 0 Å². The van der Waals surface area contributed by atoms with Crippen molar-refractivity contribution in [2.24, 2.45) is 0 Å². The number of fused-ring (bicyclic) bond motifs is 1. The van der Waals surface area contributed by atoms with Crippen molar-refractivity contribution in [3.63, 3.8) is 0 Å². The van der Waals surface area contributed by atoms with Crippen LogP contribution in [0.25, 0.3) is 10.8 Å². The Morgan fingerprint density at radius 1 is 1.21 bits per heavy atom. The molecular weight excluding hydrogens is 240 g/mol. The van der Waals surface area contributed by atoms with Crippen LogP contribution in [-0.4, -0.2) is 17.7 Å². The molecule has 0 saturated heterocycles. The normalized spacial score (nSPS) is 11.6. The van der Waals surface area contributed by atoms with Crippen molar-refractivity contribution in [1.29, 1.82) is 0 Å². The number of aliphatic hydroxyl groups is 1. The molecule has 0 radical (unpaired) electrons. The van der Waals surface area contributed by atoms with E-state index in [1.54, 1.807) is 12.1 Å². The summed E-state index contributed by atoms with van der Waals surface area (Å²) in [6.45, 7) is 1.60. The monoisotopic (exact) mass is 256 g/mol. The fourth-order valence-corrected chi connectivity index (χ4v) is 1.91. The Morgan fingerprint density at radius 3 is 2.68 bits per heavy atom. The van der Waals surface area contributed by atoms with Crippen molar-refractivity contribution in [1.82, 2.24) is 0 Å². The van der Waals surface area contributed by atoms with Gasteiger partial charge in [-0.05, 0) is 17.9 Å². The van der Waals surface area contributed by atoms with Gasteiger partial charge < -0.3 is 9.84 Å². The van der Waals surface area contributed by atoms with Crippen LogP contribution in [0.2, 0.25) is 0 Å². The highest BCUT2D eigenvalue weighted by atomic mass is 16.5. The van der Waals surface area contributed by atoms with Crippen LogP contribution in [0.15, 0.2) is 54.1 Å². The maximum atomic E-state index is 11.9. The SMILES string of the molecule is CC/C=C(\CO)C(=O)Oc1cccc2ccccc12. The first kappa shape index (κ1) is 13.3. The third-order valence-electron chi connectivity index (χ3n) is 2.84. The van der Waals surface area contributed by atoms with Gasteiger partial charge in [-0.3, -0.25) is 0 Å². The number of benzene rings is 2. The highest BCUT2D eigenvalue weighted by Crippen LogP contribution is 2.25. The fourth-order valence-electron chi connectivity index (χ4n) is 1.91. The van der Waals surface area contributed by atoms with Crippen LogP contribution >= 0.6 is 0 Å². The smallest absolute Gasteiger partial charge is 0.341 e. The van der Waals surface area contributed by atoms with Crippen molar-refractivity contribution >= 4 is 16.7 Å². The minimum absolute atomic E-state index is 0.287. The Hall–Kier alpha value is -2.13. The Kier molecular flexibility index (Phi) is 4.31. The molecule has 0 aliphatic carbocycles. The Labute approximate surface area is 112 Å². The van der Waals surface area contributed by atoms with Crippen molar-refractivity contribution < 1.29 is 14.6 Å². The fraction of sp³-hybridized carbons (Fsp3) is 0.188. The third kappa shape index (κ3) is 3.01. The number of esters is 1. The van der Waals surface area contributed by atoms with Gasteiger partial charge in [0.25, 0.3) is 0 Å². The molecule has 0 unspecified atom stereocenters. The average molecular weight is 256 g/mol. The number of hydrogen-bond donors (Lipinski definition) is 1. The van der Waals surface area contributed by atoms with Crippen LogP contribution in [-0.2, 0) is 4.79 Å². The van der Waals surface area contributed by atoms with Gasteiger partial charge in [0.2, 0.25) is 0 Å². The second-order valence-corrected chi connectivity index (χ2v) is 4.16. The van der Waals surface area contributed by atoms with E-state index in [1.807, 2.05) is 43.3 Å². The zero-order valence-electron chi connectivity index (χ0n) is 10.8. The van der Waals surface area contributed by atoms with Gasteiger partial charge in [-0.25, -0.2) is 4.79 Å². The molecule has 3 heteroatoms. The van der Waals surface area contributed by atoms with Gasteiger partial charge in [-0.2, -0.15) is 0 Å². The van der Waals surface area contributed by atoms with E-state index in [0.717, 1.165) is 10.8 Å². The standard InChI is InChI=1S/C16H16O3/c1-2-6-13(11-17)16(18)19-15-10-5-8-12-7-3-4-9-14(12)15/h3-10,17H,2,11H2,1H3/b13-6+. The number of ether oxygens (including phenoxy) is 1. The van der Waals surface area contributed by atoms with E-state index >= 15 is 0 Å². The summed E-state index contributed by atoms with van der Waals surface area (Å²) in [5.74, 6) is 0.0132. The number of carbonyl (C=O) groups excluding carboxylic acids is 1. The second kappa shape index (κ2) is 6.16. The Bertz CT molecular complexity index is 609. The summed E-state index contributed by atoms with van der Waals surface area (Å²) in [5.41, 5.74) is 0.287. The molecule has 98 valence electrons. The molecule has 2 rings (SSSR count). The van der Waals surface area contributed by atoms with E-state index in [4.69, 9.17) is 9.84 Å². The third-order valence-corrected chi connectivity index (χ3v) is 2.84. The van der Waals surface area contributed by atoms with Crippen LogP contribution in [0.4, 0.5) is 0 Å². The molecule has 0 saturated carbocycles. The summed E-state index contributed by atoms with van der Waals surface area (Å²) < 4.78 is 5.37. The van der Waals surface area contributed by atoms with Gasteiger partial charge in [0.1, 0.15) is 5.75 Å². The summed E-state index contributed by atoms with van der Waals surface area (Å²) in [4.78, 5) is 11.9. The van der Waals surface area contributed by atoms with E-state index in [9.17, 15) is 4.79 Å². The molecule has 1 N–H and O–H groups in total. The summed E-state index contributed by atoms with van der Waals surface area (Å²) >= 11 is 0. The molecule has 0 spiro atoms. The highest BCUT2D eigenvalue weighted by Gasteiger charge is 2.12. The van der Waals surface area contributed by atoms with Crippen LogP contribution in [0.1, 0.15) is 13.3 Å². The van der Waals surface area contributed by atoms with Gasteiger partial charge in [-0.1, -0.05) is 49.4 Å². The molecule has 19 heavy (non-hydrogen) atoms. The lowest BCUT2D eigenvalue weighted by molar-refractivity contribution is -0.130. The maximum absolute atomic E-state index is 11.9. The van der Waals surface area contributed by atoms with Gasteiger partial charge in [0.05, 0.1) is 12.2 Å². The van der Waals surface area contributed by atoms with Crippen molar-refractivity contribution in [2.75, 3.05) is 6.61 Å². The zero-order valence-corrected chi connectivity index (χ0v) is 10.8. The van der Waals surface area contributed by atoms with Gasteiger partial charge in [0, 0.05) is 5.39 Å². The van der Waals surface area contributed by atoms with Crippen LogP contribution < -0.4 is 4.74 Å². The summed E-state index contributed by atoms with van der Waals surface area (Å²) in [6, 6.07) is 13.2. The molecule has 0 aliphatic heterocycles. The molecule has 0 aliphatic rings. The van der Waals surface area contributed by atoms with Gasteiger partial charge in [0.15, 0.2) is 0 Å². The molecule has 3 nitrogen and oxygen atoms in total. The molecule has 2 aromatic rings. The lowest BCUT2D eigenvalue weighted by atomic mass is 10.1. The molecule has 0 amide bonds. The van der Waals surface area contributed by atoms with Crippen LogP contribution in [0.3, 0.4) is 0 Å². The maximum Gasteiger partial charge on any atom is 0.341 e. The number of hydrogen-bond acceptors (Lipinski definition) is 3. The number of carbonyl (C=O) groups is 1. The van der Waals surface area contributed by atoms with Crippen molar-refractivity contribution in [3.05, 3.63) is 54.1 Å². The Balaban J connectivity index is 2.31. The molecule has 0 heterocycles. The summed E-state index contributed by atoms with van der Waals surface area (Å²) in [6.07, 6.45) is 2.36. The largest absolute Gasteiger partial charge is 0.422 e. The molecule has 0 fully saturated rings. The predicted molar refractivity (Wildman–Crippen MR) is 75.0 cm³/mol. The quantitative estimate of drug-likeness (QED) is 0.519. The van der Waals surface area contributed by atoms with Crippen LogP contribution in [0.5, 0.6) is 5.75 Å². The lowest BCUT2D eigenvalue weighted by Gasteiger charge is -2.08. The van der Waals surface area contributed by atoms with Gasteiger partial charge in [-0.15, -0.1) is 0 Å². The van der Waals surface area contributed by atoms with Crippen molar-refractivity contribution in [3.8, 4) is 5.75 Å². The molecule has 0 bridgehead atoms. The predicted octanol–water partition coefficient (Wildman–Crippen LogP) is 3.07. The first-order chi connectivity index (χ1) is 9.26. The number of rotatable bonds is 4. The van der Waals surface area contributed by atoms with Crippen molar-refractivity contribution in [2.45, 2.75) is 13.3 Å². The number of aliphatic hydroxyl groups excluding tert-OH is 1. The highest BCUT2D eigenvalue weighted by molar-refractivity contribution is 5.95. The summed E-state index contributed by atoms with van der Waals surface area (Å²) in [7, 11) is 0. The summed E-state index contributed by atoms with van der Waals surface area (Å²) in [5, 5.41) is 11.0. The topological polar surface area (TPSA) is 46.5 Å². The first-order valence-electron chi connectivity index (χ1n) is 6.26. The van der Waals surface area contributed by atoms with Crippen LogP contribution in [0, 0.1) is 0 Å². The lowest BCUT2D eigenvalue weighted by Crippen LogP contribution is -2.14. The minimum Gasteiger partial charge on any atom is -0.422 e. The van der Waals surface area contributed by atoms with Gasteiger partial charge >= 0.3 is 5.97 Å². The Morgan fingerprint density at radius 2 is 1.95 bits per heavy atom. The number of allylic oxidation sites excluding steroid dienone is 1. The molecule has 0 atom stereocenters. The van der Waals surface area contributed by atoms with E-state index in [-0.39, 0.29) is 12.2 Å². The average Bonchev–Trinajstić information content (AvgIpc) is 2.45. The van der Waals surface area contributed by atoms with E-state index in [0.29, 0.717) is 12.2 Å². The van der Waals surface area contributed by atoms with E-state index in [1.165, 1.54) is 0 Å². The van der Waals surface area contributed by atoms with E-state index < -0.39 is 5.97 Å². The molecule has 0 aromatic heterocycles. The zero-order chi connectivity index (χ0) is 13.7. The minimum atomic E-state index is -0.499.